The number of methoxy groups -OCH3 is 1. The lowest BCUT2D eigenvalue weighted by Gasteiger charge is -2.18. The summed E-state index contributed by atoms with van der Waals surface area (Å²) in [5.41, 5.74) is 5.71. The highest BCUT2D eigenvalue weighted by Gasteiger charge is 2.21. The summed E-state index contributed by atoms with van der Waals surface area (Å²) in [4.78, 5) is 17.8. The summed E-state index contributed by atoms with van der Waals surface area (Å²) in [6.45, 7) is 9.83. The van der Waals surface area contributed by atoms with Gasteiger partial charge >= 0.3 is 0 Å². The maximum atomic E-state index is 13.2. The van der Waals surface area contributed by atoms with Gasteiger partial charge in [0.15, 0.2) is 0 Å². The Balaban J connectivity index is 2.51. The molecule has 2 rings (SSSR count). The first kappa shape index (κ1) is 22.0. The Morgan fingerprint density at radius 3 is 2.29 bits per heavy atom. The Labute approximate surface area is 173 Å². The van der Waals surface area contributed by atoms with Crippen LogP contribution in [0.15, 0.2) is 24.3 Å². The van der Waals surface area contributed by atoms with Crippen LogP contribution in [0.5, 0.6) is 5.75 Å². The Bertz CT molecular complexity index is 879. The van der Waals surface area contributed by atoms with Crippen molar-refractivity contribution in [3.05, 3.63) is 62.9 Å². The molecule has 0 atom stereocenters. The lowest BCUT2D eigenvalue weighted by Crippen LogP contribution is -2.18. The Kier molecular flexibility index (Phi) is 7.64. The monoisotopic (exact) mass is 400 g/mol. The van der Waals surface area contributed by atoms with Crippen LogP contribution in [0.1, 0.15) is 59.2 Å². The number of amides is 1. The molecule has 0 aliphatic heterocycles. The van der Waals surface area contributed by atoms with Crippen molar-refractivity contribution in [3.63, 3.8) is 0 Å². The second-order valence-electron chi connectivity index (χ2n) is 6.71. The van der Waals surface area contributed by atoms with Gasteiger partial charge in [-0.15, -0.1) is 0 Å². The van der Waals surface area contributed by atoms with Crippen molar-refractivity contribution >= 4 is 23.2 Å². The van der Waals surface area contributed by atoms with Gasteiger partial charge < -0.3 is 10.1 Å². The molecule has 28 heavy (non-hydrogen) atoms. The lowest BCUT2D eigenvalue weighted by atomic mass is 10.0. The van der Waals surface area contributed by atoms with Gasteiger partial charge in [-0.2, -0.15) is 0 Å². The zero-order valence-electron chi connectivity index (χ0n) is 17.6. The van der Waals surface area contributed by atoms with E-state index in [1.54, 1.807) is 7.11 Å². The smallest absolute Gasteiger partial charge is 0.259 e. The highest BCUT2D eigenvalue weighted by Crippen LogP contribution is 2.31. The second-order valence-corrected chi connectivity index (χ2v) is 7.08. The molecular weight excluding hydrogens is 372 g/mol. The zero-order valence-corrected chi connectivity index (χ0v) is 18.3. The number of allylic oxidation sites excluding steroid dienone is 2. The van der Waals surface area contributed by atoms with E-state index in [4.69, 9.17) is 16.3 Å². The summed E-state index contributed by atoms with van der Waals surface area (Å²) in [6.07, 6.45) is 6.20. The number of aryl methyl sites for hydroxylation is 4. The summed E-state index contributed by atoms with van der Waals surface area (Å²) in [5.74, 6) is 0.567. The first-order chi connectivity index (χ1) is 13.4. The molecule has 1 N–H and O–H groups in total. The molecule has 0 aliphatic carbocycles. The molecule has 0 bridgehead atoms. The minimum absolute atomic E-state index is 0.230. The molecule has 1 aromatic heterocycles. The fourth-order valence-electron chi connectivity index (χ4n) is 3.33. The molecule has 0 aliphatic rings. The maximum Gasteiger partial charge on any atom is 0.259 e. The number of nitrogens with zero attached hydrogens (tertiary/aromatic N) is 1. The summed E-state index contributed by atoms with van der Waals surface area (Å²) in [5, 5.41) is 3.57. The topological polar surface area (TPSA) is 51.2 Å². The number of carbonyl (C=O) groups excluding carboxylic acids is 1. The molecule has 1 aromatic carbocycles. The third kappa shape index (κ3) is 4.56. The van der Waals surface area contributed by atoms with E-state index in [-0.39, 0.29) is 5.91 Å². The third-order valence-corrected chi connectivity index (χ3v) is 5.33. The van der Waals surface area contributed by atoms with Crippen LogP contribution in [0.25, 0.3) is 0 Å². The van der Waals surface area contributed by atoms with Crippen molar-refractivity contribution < 1.29 is 9.53 Å². The highest BCUT2D eigenvalue weighted by atomic mass is 35.5. The number of carbonyl (C=O) groups is 1. The minimum Gasteiger partial charge on any atom is -0.497 e. The normalized spacial score (nSPS) is 11.1. The van der Waals surface area contributed by atoms with Crippen LogP contribution in [0.2, 0.25) is 5.02 Å². The number of hydrogen-bond donors (Lipinski definition) is 1. The van der Waals surface area contributed by atoms with Crippen LogP contribution in [0, 0.1) is 13.8 Å². The van der Waals surface area contributed by atoms with Crippen molar-refractivity contribution in [2.24, 2.45) is 0 Å². The summed E-state index contributed by atoms with van der Waals surface area (Å²) in [7, 11) is 1.65. The third-order valence-electron chi connectivity index (χ3n) is 4.91. The Morgan fingerprint density at radius 1 is 1.18 bits per heavy atom. The number of hydrogen-bond acceptors (Lipinski definition) is 3. The molecule has 150 valence electrons. The van der Waals surface area contributed by atoms with Crippen molar-refractivity contribution in [3.8, 4) is 5.75 Å². The number of rotatable bonds is 7. The molecule has 0 unspecified atom stereocenters. The number of nitrogens with one attached hydrogen (secondary N) is 1. The summed E-state index contributed by atoms with van der Waals surface area (Å²) < 4.78 is 5.40. The number of anilines is 1. The van der Waals surface area contributed by atoms with Crippen LogP contribution < -0.4 is 10.1 Å². The molecule has 2 aromatic rings. The minimum atomic E-state index is -0.230. The van der Waals surface area contributed by atoms with Crippen molar-refractivity contribution in [1.82, 2.24) is 4.98 Å². The average Bonchev–Trinajstić information content (AvgIpc) is 2.67. The maximum absolute atomic E-state index is 13.2. The van der Waals surface area contributed by atoms with E-state index in [1.807, 2.05) is 45.1 Å². The van der Waals surface area contributed by atoms with E-state index in [0.29, 0.717) is 22.7 Å². The van der Waals surface area contributed by atoms with Gasteiger partial charge in [-0.25, -0.2) is 0 Å². The quantitative estimate of drug-likeness (QED) is 0.592. The van der Waals surface area contributed by atoms with E-state index < -0.39 is 0 Å². The van der Waals surface area contributed by atoms with Gasteiger partial charge in [0, 0.05) is 11.4 Å². The van der Waals surface area contributed by atoms with Gasteiger partial charge in [-0.1, -0.05) is 37.6 Å². The molecule has 1 amide bonds. The first-order valence-corrected chi connectivity index (χ1v) is 10.0. The van der Waals surface area contributed by atoms with E-state index in [0.717, 1.165) is 46.7 Å². The predicted molar refractivity (Wildman–Crippen MR) is 117 cm³/mol. The van der Waals surface area contributed by atoms with Gasteiger partial charge in [0.25, 0.3) is 5.91 Å². The highest BCUT2D eigenvalue weighted by molar-refractivity contribution is 6.35. The predicted octanol–water partition coefficient (Wildman–Crippen LogP) is 5.86. The molecule has 0 saturated heterocycles. The number of ether oxygens (including phenoxy) is 1. The molecular formula is C23H29ClN2O2. The van der Waals surface area contributed by atoms with Crippen LogP contribution in [-0.4, -0.2) is 18.0 Å². The fraction of sp³-hybridized carbons (Fsp3) is 0.391. The van der Waals surface area contributed by atoms with Crippen LogP contribution >= 0.6 is 11.6 Å². The number of pyridine rings is 1. The Morgan fingerprint density at radius 2 is 1.79 bits per heavy atom. The average molecular weight is 401 g/mol. The number of halogens is 1. The van der Waals surface area contributed by atoms with E-state index in [2.05, 4.69) is 24.1 Å². The van der Waals surface area contributed by atoms with E-state index >= 15 is 0 Å². The van der Waals surface area contributed by atoms with Crippen molar-refractivity contribution in [2.75, 3.05) is 12.4 Å². The van der Waals surface area contributed by atoms with Crippen LogP contribution in [-0.2, 0) is 19.3 Å². The molecule has 4 nitrogen and oxygen atoms in total. The van der Waals surface area contributed by atoms with Gasteiger partial charge in [-0.3, -0.25) is 9.78 Å². The largest absolute Gasteiger partial charge is 0.497 e. The zero-order chi connectivity index (χ0) is 20.8. The summed E-state index contributed by atoms with van der Waals surface area (Å²) in [6, 6.07) is 3.93. The number of aromatic nitrogens is 1. The molecule has 0 radical (unpaired) electrons. The standard InChI is InChI=1S/C23H29ClN2O2/c1-7-10-11-19-14(4)25-15(5)20(21(19)24)23(27)26-22-16(8-2)12-18(28-6)13-17(22)9-3/h7,10,12-13H,8-9,11H2,1-6H3,(H,26,27). The molecule has 0 fully saturated rings. The van der Waals surface area contributed by atoms with Gasteiger partial charge in [0.05, 0.1) is 23.4 Å². The van der Waals surface area contributed by atoms with Crippen LogP contribution in [0.3, 0.4) is 0 Å². The number of benzene rings is 1. The van der Waals surface area contributed by atoms with E-state index in [9.17, 15) is 4.79 Å². The van der Waals surface area contributed by atoms with Crippen LogP contribution in [0.4, 0.5) is 5.69 Å². The Hall–Kier alpha value is -2.33. The lowest BCUT2D eigenvalue weighted by molar-refractivity contribution is 0.102. The molecule has 5 heteroatoms. The van der Waals surface area contributed by atoms with Crippen molar-refractivity contribution in [1.29, 1.82) is 0 Å². The molecule has 1 heterocycles. The molecule has 0 saturated carbocycles. The van der Waals surface area contributed by atoms with E-state index in [1.165, 1.54) is 0 Å². The SMILES string of the molecule is CC=CCc1c(C)nc(C)c(C(=O)Nc2c(CC)cc(OC)cc2CC)c1Cl. The second kappa shape index (κ2) is 9.74. The fourth-order valence-corrected chi connectivity index (χ4v) is 3.76. The van der Waals surface area contributed by atoms with Crippen molar-refractivity contribution in [2.45, 2.75) is 53.9 Å². The van der Waals surface area contributed by atoms with Gasteiger partial charge in [0.2, 0.25) is 0 Å². The summed E-state index contributed by atoms with van der Waals surface area (Å²) >= 11 is 6.66. The molecule has 0 spiro atoms. The van der Waals surface area contributed by atoms with Gasteiger partial charge in [0.1, 0.15) is 5.75 Å². The first-order valence-electron chi connectivity index (χ1n) is 9.65. The van der Waals surface area contributed by atoms with Gasteiger partial charge in [-0.05, 0) is 68.9 Å².